The zero-order valence-electron chi connectivity index (χ0n) is 11.2. The van der Waals surface area contributed by atoms with Crippen LogP contribution in [0.15, 0.2) is 40.5 Å². The lowest BCUT2D eigenvalue weighted by atomic mass is 10.1. The summed E-state index contributed by atoms with van der Waals surface area (Å²) < 4.78 is 10.5. The number of carbonyl (C=O) groups excluding carboxylic acids is 1. The van der Waals surface area contributed by atoms with Crippen molar-refractivity contribution in [2.24, 2.45) is 0 Å². The van der Waals surface area contributed by atoms with Crippen molar-refractivity contribution in [1.82, 2.24) is 0 Å². The molecule has 0 unspecified atom stereocenters. The summed E-state index contributed by atoms with van der Waals surface area (Å²) in [6.45, 7) is 2.00. The molecule has 0 saturated carbocycles. The number of furan rings is 1. The van der Waals surface area contributed by atoms with Crippen molar-refractivity contribution < 1.29 is 18.9 Å². The van der Waals surface area contributed by atoms with Gasteiger partial charge in [0, 0.05) is 6.08 Å². The fourth-order valence-corrected chi connectivity index (χ4v) is 2.10. The van der Waals surface area contributed by atoms with Crippen LogP contribution < -0.4 is 4.74 Å². The number of aryl methyl sites for hydroxylation is 1. The first-order valence-electron chi connectivity index (χ1n) is 6.40. The molecule has 2 aromatic rings. The van der Waals surface area contributed by atoms with E-state index in [1.165, 1.54) is 18.2 Å². The SMILES string of the molecule is CCc1ccc2c(c1)C(=O)/C(=C/c1ccc([N+](=O)[O-])o1)O2. The molecule has 0 aliphatic carbocycles. The van der Waals surface area contributed by atoms with Gasteiger partial charge in [-0.15, -0.1) is 0 Å². The van der Waals surface area contributed by atoms with Crippen molar-refractivity contribution >= 4 is 17.7 Å². The fourth-order valence-electron chi connectivity index (χ4n) is 2.10. The first-order chi connectivity index (χ1) is 10.1. The quantitative estimate of drug-likeness (QED) is 0.490. The standard InChI is InChI=1S/C15H11NO5/c1-2-9-3-5-12-11(7-9)15(17)13(21-12)8-10-4-6-14(20-10)16(18)19/h3-8H,2H2,1H3/b13-8-. The van der Waals surface area contributed by atoms with Crippen LogP contribution >= 0.6 is 0 Å². The molecule has 0 bridgehead atoms. The Labute approximate surface area is 119 Å². The summed E-state index contributed by atoms with van der Waals surface area (Å²) in [6, 6.07) is 8.09. The number of hydrogen-bond donors (Lipinski definition) is 0. The number of Topliss-reactive ketones (excluding diaryl/α,β-unsaturated/α-hetero) is 1. The van der Waals surface area contributed by atoms with Crippen LogP contribution in [0.4, 0.5) is 5.88 Å². The number of rotatable bonds is 3. The summed E-state index contributed by atoms with van der Waals surface area (Å²) in [5, 5.41) is 10.6. The molecule has 3 rings (SSSR count). The van der Waals surface area contributed by atoms with E-state index in [2.05, 4.69) is 0 Å². The third kappa shape index (κ3) is 2.31. The summed E-state index contributed by atoms with van der Waals surface area (Å²) in [6.07, 6.45) is 2.19. The van der Waals surface area contributed by atoms with E-state index in [0.717, 1.165) is 12.0 Å². The predicted molar refractivity (Wildman–Crippen MR) is 74.1 cm³/mol. The minimum atomic E-state index is -0.637. The number of carbonyl (C=O) groups is 1. The molecule has 1 aliphatic rings. The van der Waals surface area contributed by atoms with Gasteiger partial charge >= 0.3 is 5.88 Å². The Balaban J connectivity index is 1.93. The molecule has 0 atom stereocenters. The maximum Gasteiger partial charge on any atom is 0.433 e. The number of hydrogen-bond acceptors (Lipinski definition) is 5. The molecule has 21 heavy (non-hydrogen) atoms. The average molecular weight is 285 g/mol. The van der Waals surface area contributed by atoms with Gasteiger partial charge in [0.2, 0.25) is 5.78 Å². The summed E-state index contributed by atoms with van der Waals surface area (Å²) in [5.41, 5.74) is 1.54. The Morgan fingerprint density at radius 1 is 1.29 bits per heavy atom. The van der Waals surface area contributed by atoms with Crippen LogP contribution in [0.2, 0.25) is 0 Å². The van der Waals surface area contributed by atoms with E-state index >= 15 is 0 Å². The maximum absolute atomic E-state index is 12.2. The van der Waals surface area contributed by atoms with Gasteiger partial charge in [0.1, 0.15) is 16.4 Å². The maximum atomic E-state index is 12.2. The summed E-state index contributed by atoms with van der Waals surface area (Å²) in [4.78, 5) is 22.2. The summed E-state index contributed by atoms with van der Waals surface area (Å²) in [5.74, 6) is 0.165. The molecule has 0 fully saturated rings. The van der Waals surface area contributed by atoms with E-state index in [1.54, 1.807) is 12.1 Å². The average Bonchev–Trinajstić information content (AvgIpc) is 3.05. The van der Waals surface area contributed by atoms with Gasteiger partial charge in [0.15, 0.2) is 5.76 Å². The van der Waals surface area contributed by atoms with Gasteiger partial charge in [-0.05, 0) is 30.2 Å². The lowest BCUT2D eigenvalue weighted by molar-refractivity contribution is -0.402. The number of nitrogens with zero attached hydrogens (tertiary/aromatic N) is 1. The third-order valence-corrected chi connectivity index (χ3v) is 3.21. The Morgan fingerprint density at radius 2 is 2.10 bits per heavy atom. The Morgan fingerprint density at radius 3 is 2.76 bits per heavy atom. The van der Waals surface area contributed by atoms with Crippen LogP contribution in [0.3, 0.4) is 0 Å². The summed E-state index contributed by atoms with van der Waals surface area (Å²) >= 11 is 0. The number of fused-ring (bicyclic) bond motifs is 1. The highest BCUT2D eigenvalue weighted by Gasteiger charge is 2.28. The van der Waals surface area contributed by atoms with Gasteiger partial charge in [0.05, 0.1) is 11.6 Å². The lowest BCUT2D eigenvalue weighted by Gasteiger charge is -1.98. The molecule has 106 valence electrons. The van der Waals surface area contributed by atoms with Crippen molar-refractivity contribution in [2.75, 3.05) is 0 Å². The van der Waals surface area contributed by atoms with Crippen LogP contribution in [0, 0.1) is 10.1 Å². The molecule has 1 aliphatic heterocycles. The van der Waals surface area contributed by atoms with Crippen molar-refractivity contribution in [3.05, 3.63) is 63.1 Å². The first kappa shape index (κ1) is 13.1. The number of benzene rings is 1. The second-order valence-corrected chi connectivity index (χ2v) is 4.56. The first-order valence-corrected chi connectivity index (χ1v) is 6.40. The van der Waals surface area contributed by atoms with Crippen LogP contribution in [0.5, 0.6) is 5.75 Å². The molecule has 0 spiro atoms. The normalized spacial score (nSPS) is 15.1. The van der Waals surface area contributed by atoms with Crippen LogP contribution in [-0.2, 0) is 6.42 Å². The lowest BCUT2D eigenvalue weighted by Crippen LogP contribution is -1.98. The fraction of sp³-hybridized carbons (Fsp3) is 0.133. The van der Waals surface area contributed by atoms with Gasteiger partial charge in [-0.1, -0.05) is 13.0 Å². The van der Waals surface area contributed by atoms with Gasteiger partial charge in [-0.2, -0.15) is 0 Å². The van der Waals surface area contributed by atoms with Gasteiger partial charge in [0.25, 0.3) is 0 Å². The van der Waals surface area contributed by atoms with Crippen LogP contribution in [0.1, 0.15) is 28.6 Å². The van der Waals surface area contributed by atoms with E-state index in [1.807, 2.05) is 13.0 Å². The largest absolute Gasteiger partial charge is 0.452 e. The second-order valence-electron chi connectivity index (χ2n) is 4.56. The van der Waals surface area contributed by atoms with Crippen molar-refractivity contribution in [3.8, 4) is 5.75 Å². The van der Waals surface area contributed by atoms with Crippen molar-refractivity contribution in [1.29, 1.82) is 0 Å². The highest BCUT2D eigenvalue weighted by molar-refractivity contribution is 6.14. The van der Waals surface area contributed by atoms with E-state index in [0.29, 0.717) is 11.3 Å². The molecule has 1 aromatic carbocycles. The third-order valence-electron chi connectivity index (χ3n) is 3.21. The molecule has 2 heterocycles. The van der Waals surface area contributed by atoms with Crippen molar-refractivity contribution in [2.45, 2.75) is 13.3 Å². The zero-order chi connectivity index (χ0) is 15.0. The number of ether oxygens (including phenoxy) is 1. The van der Waals surface area contributed by atoms with E-state index < -0.39 is 4.92 Å². The molecule has 0 radical (unpaired) electrons. The van der Waals surface area contributed by atoms with E-state index in [-0.39, 0.29) is 23.2 Å². The Hall–Kier alpha value is -2.89. The van der Waals surface area contributed by atoms with Crippen LogP contribution in [-0.4, -0.2) is 10.7 Å². The summed E-state index contributed by atoms with van der Waals surface area (Å²) in [7, 11) is 0. The van der Waals surface area contributed by atoms with Gasteiger partial charge < -0.3 is 9.15 Å². The monoisotopic (exact) mass is 285 g/mol. The number of ketones is 1. The molecule has 6 nitrogen and oxygen atoms in total. The van der Waals surface area contributed by atoms with E-state index in [9.17, 15) is 14.9 Å². The van der Waals surface area contributed by atoms with E-state index in [4.69, 9.17) is 9.15 Å². The zero-order valence-corrected chi connectivity index (χ0v) is 11.2. The molecule has 1 aromatic heterocycles. The number of allylic oxidation sites excluding steroid dienone is 1. The van der Waals surface area contributed by atoms with Gasteiger partial charge in [-0.3, -0.25) is 14.9 Å². The smallest absolute Gasteiger partial charge is 0.433 e. The highest BCUT2D eigenvalue weighted by atomic mass is 16.6. The van der Waals surface area contributed by atoms with Crippen LogP contribution in [0.25, 0.3) is 6.08 Å². The molecule has 0 amide bonds. The number of nitro groups is 1. The predicted octanol–water partition coefficient (Wildman–Crippen LogP) is 3.37. The highest BCUT2D eigenvalue weighted by Crippen LogP contribution is 2.33. The Bertz CT molecular complexity index is 772. The molecule has 0 saturated heterocycles. The topological polar surface area (TPSA) is 82.6 Å². The van der Waals surface area contributed by atoms with Crippen molar-refractivity contribution in [3.63, 3.8) is 0 Å². The molecule has 6 heteroatoms. The second kappa shape index (κ2) is 4.90. The molecular weight excluding hydrogens is 274 g/mol. The Kier molecular flexibility index (Phi) is 3.06. The molecular formula is C15H11NO5. The molecule has 0 N–H and O–H groups in total. The van der Waals surface area contributed by atoms with Gasteiger partial charge in [-0.25, -0.2) is 0 Å². The minimum absolute atomic E-state index is 0.0995. The minimum Gasteiger partial charge on any atom is -0.452 e.